The lowest BCUT2D eigenvalue weighted by Gasteiger charge is -2.08. The van der Waals surface area contributed by atoms with Gasteiger partial charge in [0.25, 0.3) is 0 Å². The molecule has 0 bridgehead atoms. The van der Waals surface area contributed by atoms with Crippen LogP contribution in [-0.2, 0) is 6.42 Å². The highest BCUT2D eigenvalue weighted by Crippen LogP contribution is 2.26. The van der Waals surface area contributed by atoms with E-state index in [0.717, 1.165) is 6.42 Å². The monoisotopic (exact) mass is 261 g/mol. The zero-order valence-corrected chi connectivity index (χ0v) is 11.0. The fourth-order valence-electron chi connectivity index (χ4n) is 1.79. The number of anilines is 1. The first-order chi connectivity index (χ1) is 8.72. The van der Waals surface area contributed by atoms with Crippen LogP contribution in [0.1, 0.15) is 22.3 Å². The van der Waals surface area contributed by atoms with Gasteiger partial charge >= 0.3 is 0 Å². The molecule has 0 atom stereocenters. The summed E-state index contributed by atoms with van der Waals surface area (Å²) in [6.45, 7) is 0. The van der Waals surface area contributed by atoms with Crippen molar-refractivity contribution in [3.8, 4) is 5.75 Å². The number of ketones is 1. The van der Waals surface area contributed by atoms with E-state index in [1.54, 1.807) is 36.6 Å². The number of para-hydroxylation sites is 1. The van der Waals surface area contributed by atoms with Crippen molar-refractivity contribution in [3.63, 3.8) is 0 Å². The maximum atomic E-state index is 12.1. The Morgan fingerprint density at radius 3 is 2.89 bits per heavy atom. The van der Waals surface area contributed by atoms with E-state index >= 15 is 0 Å². The van der Waals surface area contributed by atoms with Gasteiger partial charge in [-0.2, -0.15) is 11.3 Å². The van der Waals surface area contributed by atoms with Crippen molar-refractivity contribution < 1.29 is 9.53 Å². The van der Waals surface area contributed by atoms with Gasteiger partial charge < -0.3 is 10.5 Å². The third-order valence-corrected chi connectivity index (χ3v) is 3.54. The van der Waals surface area contributed by atoms with Gasteiger partial charge in [-0.05, 0) is 40.9 Å². The Kier molecular flexibility index (Phi) is 3.99. The van der Waals surface area contributed by atoms with Crippen molar-refractivity contribution in [1.82, 2.24) is 0 Å². The molecule has 18 heavy (non-hydrogen) atoms. The Morgan fingerprint density at radius 1 is 1.39 bits per heavy atom. The molecule has 0 fully saturated rings. The van der Waals surface area contributed by atoms with Crippen LogP contribution in [0.4, 0.5) is 5.69 Å². The Balaban J connectivity index is 2.09. The number of benzene rings is 1. The second-order valence-electron chi connectivity index (χ2n) is 3.98. The summed E-state index contributed by atoms with van der Waals surface area (Å²) < 4.78 is 5.11. The van der Waals surface area contributed by atoms with E-state index in [-0.39, 0.29) is 5.78 Å². The van der Waals surface area contributed by atoms with Crippen molar-refractivity contribution in [2.45, 2.75) is 12.8 Å². The van der Waals surface area contributed by atoms with Gasteiger partial charge in [0.15, 0.2) is 5.78 Å². The van der Waals surface area contributed by atoms with Crippen molar-refractivity contribution in [3.05, 3.63) is 46.2 Å². The van der Waals surface area contributed by atoms with E-state index in [2.05, 4.69) is 5.38 Å². The molecule has 0 amide bonds. The molecule has 0 spiro atoms. The van der Waals surface area contributed by atoms with Crippen LogP contribution in [0, 0.1) is 0 Å². The molecule has 3 nitrogen and oxygen atoms in total. The Hall–Kier alpha value is -1.81. The Morgan fingerprint density at radius 2 is 2.22 bits per heavy atom. The van der Waals surface area contributed by atoms with Gasteiger partial charge in [-0.15, -0.1) is 0 Å². The third-order valence-electron chi connectivity index (χ3n) is 2.81. The molecule has 0 saturated carbocycles. The highest BCUT2D eigenvalue weighted by atomic mass is 32.1. The molecule has 2 aromatic rings. The number of thiophene rings is 1. The molecular formula is C14H15NO2S. The number of ether oxygens (including phenoxy) is 1. The van der Waals surface area contributed by atoms with Crippen LogP contribution in [-0.4, -0.2) is 12.9 Å². The molecule has 0 unspecified atom stereocenters. The molecule has 1 aromatic carbocycles. The number of rotatable bonds is 5. The van der Waals surface area contributed by atoms with E-state index in [9.17, 15) is 4.79 Å². The first-order valence-corrected chi connectivity index (χ1v) is 6.63. The summed E-state index contributed by atoms with van der Waals surface area (Å²) in [5, 5.41) is 4.07. The number of carbonyl (C=O) groups is 1. The maximum absolute atomic E-state index is 12.1. The number of methoxy groups -OCH3 is 1. The van der Waals surface area contributed by atoms with E-state index in [0.29, 0.717) is 23.4 Å². The van der Waals surface area contributed by atoms with Crippen molar-refractivity contribution >= 4 is 22.8 Å². The molecule has 0 aliphatic rings. The average molecular weight is 261 g/mol. The van der Waals surface area contributed by atoms with Gasteiger partial charge in [0.05, 0.1) is 12.8 Å². The summed E-state index contributed by atoms with van der Waals surface area (Å²) in [4.78, 5) is 12.1. The number of hydrogen-bond donors (Lipinski definition) is 1. The molecule has 4 heteroatoms. The third kappa shape index (κ3) is 2.71. The number of Topliss-reactive ketones (excluding diaryl/α,β-unsaturated/α-hetero) is 1. The number of hydrogen-bond acceptors (Lipinski definition) is 4. The second kappa shape index (κ2) is 5.69. The van der Waals surface area contributed by atoms with Crippen LogP contribution in [0.3, 0.4) is 0 Å². The minimum absolute atomic E-state index is 0.0533. The molecule has 94 valence electrons. The van der Waals surface area contributed by atoms with Gasteiger partial charge in [0.2, 0.25) is 0 Å². The van der Waals surface area contributed by atoms with Gasteiger partial charge in [-0.3, -0.25) is 4.79 Å². The summed E-state index contributed by atoms with van der Waals surface area (Å²) in [5.41, 5.74) is 8.06. The second-order valence-corrected chi connectivity index (χ2v) is 4.76. The predicted octanol–water partition coefficient (Wildman–Crippen LogP) is 3.15. The smallest absolute Gasteiger partial charge is 0.165 e. The van der Waals surface area contributed by atoms with Gasteiger partial charge in [-0.25, -0.2) is 0 Å². The first-order valence-electron chi connectivity index (χ1n) is 5.69. The molecule has 0 radical (unpaired) electrons. The topological polar surface area (TPSA) is 52.3 Å². The standard InChI is InChI=1S/C14H15NO2S/c1-17-13-4-2-3-11(14(13)15)12(16)6-5-10-7-8-18-9-10/h2-4,7-9H,5-6,15H2,1H3. The molecule has 0 aliphatic carbocycles. The molecule has 1 heterocycles. The summed E-state index contributed by atoms with van der Waals surface area (Å²) in [7, 11) is 1.55. The highest BCUT2D eigenvalue weighted by molar-refractivity contribution is 7.07. The lowest BCUT2D eigenvalue weighted by atomic mass is 10.0. The lowest BCUT2D eigenvalue weighted by Crippen LogP contribution is -2.06. The van der Waals surface area contributed by atoms with Gasteiger partial charge in [0, 0.05) is 12.0 Å². The first kappa shape index (κ1) is 12.6. The predicted molar refractivity (Wildman–Crippen MR) is 74.4 cm³/mol. The number of nitrogens with two attached hydrogens (primary N) is 1. The van der Waals surface area contributed by atoms with E-state index in [1.807, 2.05) is 11.4 Å². The SMILES string of the molecule is COc1cccc(C(=O)CCc2ccsc2)c1N. The number of carbonyl (C=O) groups excluding carboxylic acids is 1. The average Bonchev–Trinajstić information content (AvgIpc) is 2.89. The summed E-state index contributed by atoms with van der Waals surface area (Å²) in [6, 6.07) is 7.32. The van der Waals surface area contributed by atoms with E-state index < -0.39 is 0 Å². The molecule has 2 rings (SSSR count). The van der Waals surface area contributed by atoms with Gasteiger partial charge in [0.1, 0.15) is 5.75 Å². The van der Waals surface area contributed by atoms with E-state index in [1.165, 1.54) is 5.56 Å². The largest absolute Gasteiger partial charge is 0.495 e. The molecule has 0 saturated heterocycles. The fourth-order valence-corrected chi connectivity index (χ4v) is 2.50. The van der Waals surface area contributed by atoms with Crippen LogP contribution < -0.4 is 10.5 Å². The minimum Gasteiger partial charge on any atom is -0.495 e. The summed E-state index contributed by atoms with van der Waals surface area (Å²) in [6.07, 6.45) is 1.22. The van der Waals surface area contributed by atoms with Crippen LogP contribution in [0.25, 0.3) is 0 Å². The maximum Gasteiger partial charge on any atom is 0.165 e. The molecular weight excluding hydrogens is 246 g/mol. The summed E-state index contributed by atoms with van der Waals surface area (Å²) >= 11 is 1.64. The van der Waals surface area contributed by atoms with Crippen molar-refractivity contribution in [1.29, 1.82) is 0 Å². The van der Waals surface area contributed by atoms with Gasteiger partial charge in [-0.1, -0.05) is 6.07 Å². The molecule has 2 N–H and O–H groups in total. The normalized spacial score (nSPS) is 10.3. The highest BCUT2D eigenvalue weighted by Gasteiger charge is 2.12. The fraction of sp³-hybridized carbons (Fsp3) is 0.214. The quantitative estimate of drug-likeness (QED) is 0.664. The van der Waals surface area contributed by atoms with Crippen molar-refractivity contribution in [2.75, 3.05) is 12.8 Å². The zero-order valence-electron chi connectivity index (χ0n) is 10.2. The van der Waals surface area contributed by atoms with Crippen LogP contribution in [0.2, 0.25) is 0 Å². The lowest BCUT2D eigenvalue weighted by molar-refractivity contribution is 0.0983. The molecule has 1 aromatic heterocycles. The zero-order chi connectivity index (χ0) is 13.0. The van der Waals surface area contributed by atoms with E-state index in [4.69, 9.17) is 10.5 Å². The number of aryl methyl sites for hydroxylation is 1. The Labute approximate surface area is 110 Å². The Bertz CT molecular complexity index is 535. The van der Waals surface area contributed by atoms with Crippen LogP contribution >= 0.6 is 11.3 Å². The number of nitrogen functional groups attached to an aromatic ring is 1. The summed E-state index contributed by atoms with van der Waals surface area (Å²) in [5.74, 6) is 0.606. The molecule has 0 aliphatic heterocycles. The van der Waals surface area contributed by atoms with Crippen molar-refractivity contribution in [2.24, 2.45) is 0 Å². The minimum atomic E-state index is 0.0533. The van der Waals surface area contributed by atoms with Crippen LogP contribution in [0.15, 0.2) is 35.0 Å². The van der Waals surface area contributed by atoms with Crippen LogP contribution in [0.5, 0.6) is 5.75 Å².